The first-order valence-electron chi connectivity index (χ1n) is 8.68. The SMILES string of the molecule is CCCC(c1ccccc1)c1c(C(=O)OCC)[nH]c2ccc(Cl)cc12. The number of H-pyrrole nitrogens is 1. The van der Waals surface area contributed by atoms with Crippen LogP contribution in [0.3, 0.4) is 0 Å². The Kier molecular flexibility index (Phi) is 5.44. The van der Waals surface area contributed by atoms with Gasteiger partial charge in [-0.05, 0) is 42.7 Å². The summed E-state index contributed by atoms with van der Waals surface area (Å²) in [6, 6.07) is 16.0. The van der Waals surface area contributed by atoms with E-state index in [0.29, 0.717) is 17.3 Å². The molecule has 0 aliphatic heterocycles. The van der Waals surface area contributed by atoms with Gasteiger partial charge in [0.1, 0.15) is 5.69 Å². The number of fused-ring (bicyclic) bond motifs is 1. The van der Waals surface area contributed by atoms with Gasteiger partial charge in [0.05, 0.1) is 6.61 Å². The molecule has 3 nitrogen and oxygen atoms in total. The molecule has 0 aliphatic rings. The first-order valence-corrected chi connectivity index (χ1v) is 9.06. The average molecular weight is 356 g/mol. The Morgan fingerprint density at radius 2 is 1.92 bits per heavy atom. The summed E-state index contributed by atoms with van der Waals surface area (Å²) in [6.07, 6.45) is 1.95. The van der Waals surface area contributed by atoms with Crippen LogP contribution in [0.1, 0.15) is 54.2 Å². The number of halogens is 1. The molecular weight excluding hydrogens is 334 g/mol. The summed E-state index contributed by atoms with van der Waals surface area (Å²) in [4.78, 5) is 15.8. The molecule has 1 N–H and O–H groups in total. The zero-order valence-corrected chi connectivity index (χ0v) is 15.3. The maximum Gasteiger partial charge on any atom is 0.355 e. The lowest BCUT2D eigenvalue weighted by molar-refractivity contribution is 0.0519. The second-order valence-corrected chi connectivity index (χ2v) is 6.51. The molecule has 25 heavy (non-hydrogen) atoms. The Balaban J connectivity index is 2.24. The molecule has 1 aromatic heterocycles. The Labute approximate surface area is 153 Å². The van der Waals surface area contributed by atoms with Crippen LogP contribution < -0.4 is 0 Å². The van der Waals surface area contributed by atoms with E-state index in [-0.39, 0.29) is 11.9 Å². The lowest BCUT2D eigenvalue weighted by atomic mass is 9.86. The van der Waals surface area contributed by atoms with Crippen molar-refractivity contribution in [3.05, 3.63) is 70.4 Å². The van der Waals surface area contributed by atoms with Crippen molar-refractivity contribution in [2.75, 3.05) is 6.61 Å². The standard InChI is InChI=1S/C21H22ClNO2/c1-3-8-16(14-9-6-5-7-10-14)19-17-13-15(22)11-12-18(17)23-20(19)21(24)25-4-2/h5-7,9-13,16,23H,3-4,8H2,1-2H3. The molecule has 0 fully saturated rings. The number of nitrogens with one attached hydrogen (secondary N) is 1. The van der Waals surface area contributed by atoms with Crippen LogP contribution in [-0.2, 0) is 4.74 Å². The Hall–Kier alpha value is -2.26. The van der Waals surface area contributed by atoms with Gasteiger partial charge in [0.2, 0.25) is 0 Å². The number of benzene rings is 2. The van der Waals surface area contributed by atoms with E-state index in [9.17, 15) is 4.79 Å². The summed E-state index contributed by atoms with van der Waals surface area (Å²) >= 11 is 6.24. The van der Waals surface area contributed by atoms with E-state index in [1.54, 1.807) is 0 Å². The average Bonchev–Trinajstić information content (AvgIpc) is 2.99. The molecule has 1 atom stereocenters. The predicted octanol–water partition coefficient (Wildman–Crippen LogP) is 5.93. The molecule has 0 aliphatic carbocycles. The monoisotopic (exact) mass is 355 g/mol. The highest BCUT2D eigenvalue weighted by atomic mass is 35.5. The first-order chi connectivity index (χ1) is 12.2. The number of carbonyl (C=O) groups excluding carboxylic acids is 1. The van der Waals surface area contributed by atoms with Crippen LogP contribution in [0.25, 0.3) is 10.9 Å². The number of ether oxygens (including phenoxy) is 1. The van der Waals surface area contributed by atoms with E-state index in [1.165, 1.54) is 5.56 Å². The molecule has 3 rings (SSSR count). The van der Waals surface area contributed by atoms with Crippen LogP contribution in [0.5, 0.6) is 0 Å². The fraction of sp³-hybridized carbons (Fsp3) is 0.286. The van der Waals surface area contributed by atoms with E-state index in [2.05, 4.69) is 24.0 Å². The lowest BCUT2D eigenvalue weighted by Gasteiger charge is -2.18. The molecule has 3 aromatic rings. The van der Waals surface area contributed by atoms with Crippen molar-refractivity contribution < 1.29 is 9.53 Å². The van der Waals surface area contributed by atoms with Crippen molar-refractivity contribution in [3.63, 3.8) is 0 Å². The van der Waals surface area contributed by atoms with Gasteiger partial charge < -0.3 is 9.72 Å². The maximum absolute atomic E-state index is 12.6. The second kappa shape index (κ2) is 7.75. The summed E-state index contributed by atoms with van der Waals surface area (Å²) in [5, 5.41) is 1.64. The summed E-state index contributed by atoms with van der Waals surface area (Å²) in [5.74, 6) is -0.209. The summed E-state index contributed by atoms with van der Waals surface area (Å²) < 4.78 is 5.29. The molecule has 4 heteroatoms. The zero-order valence-electron chi connectivity index (χ0n) is 14.5. The number of carbonyl (C=O) groups is 1. The minimum absolute atomic E-state index is 0.109. The summed E-state index contributed by atoms with van der Waals surface area (Å²) in [5.41, 5.74) is 3.60. The molecule has 130 valence electrons. The van der Waals surface area contributed by atoms with E-state index in [0.717, 1.165) is 29.3 Å². The van der Waals surface area contributed by atoms with Crippen LogP contribution in [-0.4, -0.2) is 17.6 Å². The third-order valence-electron chi connectivity index (χ3n) is 4.41. The fourth-order valence-electron chi connectivity index (χ4n) is 3.36. The molecular formula is C21H22ClNO2. The van der Waals surface area contributed by atoms with Crippen molar-refractivity contribution in [2.24, 2.45) is 0 Å². The molecule has 1 heterocycles. The van der Waals surface area contributed by atoms with Crippen molar-refractivity contribution >= 4 is 28.5 Å². The molecule has 1 unspecified atom stereocenters. The topological polar surface area (TPSA) is 42.1 Å². The quantitative estimate of drug-likeness (QED) is 0.557. The van der Waals surface area contributed by atoms with Crippen molar-refractivity contribution in [1.82, 2.24) is 4.98 Å². The number of aromatic amines is 1. The van der Waals surface area contributed by atoms with Gasteiger partial charge >= 0.3 is 5.97 Å². The third-order valence-corrected chi connectivity index (χ3v) is 4.64. The van der Waals surface area contributed by atoms with Crippen LogP contribution in [0.15, 0.2) is 48.5 Å². The first kappa shape index (κ1) is 17.6. The molecule has 2 aromatic carbocycles. The van der Waals surface area contributed by atoms with Gasteiger partial charge in [-0.2, -0.15) is 0 Å². The second-order valence-electron chi connectivity index (χ2n) is 6.08. The van der Waals surface area contributed by atoms with Crippen LogP contribution in [0.4, 0.5) is 0 Å². The molecule has 0 saturated heterocycles. The highest BCUT2D eigenvalue weighted by Crippen LogP contribution is 2.38. The van der Waals surface area contributed by atoms with Crippen molar-refractivity contribution in [1.29, 1.82) is 0 Å². The normalized spacial score (nSPS) is 12.3. The predicted molar refractivity (Wildman–Crippen MR) is 102 cm³/mol. The molecule has 0 saturated carbocycles. The van der Waals surface area contributed by atoms with Gasteiger partial charge in [-0.25, -0.2) is 4.79 Å². The van der Waals surface area contributed by atoms with Gasteiger partial charge in [-0.3, -0.25) is 0 Å². The number of hydrogen-bond donors (Lipinski definition) is 1. The Morgan fingerprint density at radius 1 is 1.16 bits per heavy atom. The molecule has 0 amide bonds. The molecule has 0 bridgehead atoms. The van der Waals surface area contributed by atoms with Gasteiger partial charge in [-0.15, -0.1) is 0 Å². The highest BCUT2D eigenvalue weighted by molar-refractivity contribution is 6.31. The molecule has 0 spiro atoms. The number of hydrogen-bond acceptors (Lipinski definition) is 2. The van der Waals surface area contributed by atoms with E-state index < -0.39 is 0 Å². The van der Waals surface area contributed by atoms with Gasteiger partial charge in [0.25, 0.3) is 0 Å². The smallest absolute Gasteiger partial charge is 0.355 e. The van der Waals surface area contributed by atoms with Gasteiger partial charge in [-0.1, -0.05) is 55.3 Å². The van der Waals surface area contributed by atoms with Crippen molar-refractivity contribution in [3.8, 4) is 0 Å². The van der Waals surface area contributed by atoms with Gasteiger partial charge in [0, 0.05) is 21.8 Å². The van der Waals surface area contributed by atoms with E-state index in [4.69, 9.17) is 16.3 Å². The lowest BCUT2D eigenvalue weighted by Crippen LogP contribution is -2.11. The van der Waals surface area contributed by atoms with E-state index in [1.807, 2.05) is 43.3 Å². The number of aromatic nitrogens is 1. The summed E-state index contributed by atoms with van der Waals surface area (Å²) in [7, 11) is 0. The van der Waals surface area contributed by atoms with Crippen LogP contribution in [0, 0.1) is 0 Å². The third kappa shape index (κ3) is 3.57. The fourth-order valence-corrected chi connectivity index (χ4v) is 3.53. The Morgan fingerprint density at radius 3 is 2.60 bits per heavy atom. The largest absolute Gasteiger partial charge is 0.461 e. The number of rotatable bonds is 6. The minimum Gasteiger partial charge on any atom is -0.461 e. The van der Waals surface area contributed by atoms with Crippen molar-refractivity contribution in [2.45, 2.75) is 32.6 Å². The Bertz CT molecular complexity index is 870. The maximum atomic E-state index is 12.6. The number of esters is 1. The van der Waals surface area contributed by atoms with E-state index >= 15 is 0 Å². The molecule has 0 radical (unpaired) electrons. The van der Waals surface area contributed by atoms with Gasteiger partial charge in [0.15, 0.2) is 0 Å². The highest BCUT2D eigenvalue weighted by Gasteiger charge is 2.26. The minimum atomic E-state index is -0.318. The summed E-state index contributed by atoms with van der Waals surface area (Å²) in [6.45, 7) is 4.32. The van der Waals surface area contributed by atoms with Crippen LogP contribution >= 0.6 is 11.6 Å². The van der Waals surface area contributed by atoms with Crippen LogP contribution in [0.2, 0.25) is 5.02 Å². The zero-order chi connectivity index (χ0) is 17.8.